The molecule has 0 radical (unpaired) electrons. The zero-order valence-electron chi connectivity index (χ0n) is 13.9. The predicted octanol–water partition coefficient (Wildman–Crippen LogP) is 3.72. The summed E-state index contributed by atoms with van der Waals surface area (Å²) in [6.45, 7) is 4.31. The van der Waals surface area contributed by atoms with Gasteiger partial charge in [0, 0.05) is 35.6 Å². The lowest BCUT2D eigenvalue weighted by atomic mass is 9.90. The number of carbonyl (C=O) groups is 1. The molecule has 0 bridgehead atoms. The molecule has 1 aromatic carbocycles. The maximum Gasteiger partial charge on any atom is 0.230 e. The van der Waals surface area contributed by atoms with Crippen molar-refractivity contribution in [2.24, 2.45) is 0 Å². The smallest absolute Gasteiger partial charge is 0.230 e. The van der Waals surface area contributed by atoms with Gasteiger partial charge in [0.25, 0.3) is 0 Å². The van der Waals surface area contributed by atoms with E-state index in [9.17, 15) is 4.79 Å². The first-order chi connectivity index (χ1) is 11.7. The molecule has 0 saturated carbocycles. The Morgan fingerprint density at radius 3 is 3.04 bits per heavy atom. The lowest BCUT2D eigenvalue weighted by Gasteiger charge is -2.35. The number of ether oxygens (including phenoxy) is 1. The van der Waals surface area contributed by atoms with Crippen molar-refractivity contribution in [3.8, 4) is 5.75 Å². The van der Waals surface area contributed by atoms with Crippen molar-refractivity contribution in [2.45, 2.75) is 38.0 Å². The minimum Gasteiger partial charge on any atom is -0.493 e. The van der Waals surface area contributed by atoms with Crippen LogP contribution in [0, 0.1) is 6.92 Å². The van der Waals surface area contributed by atoms with E-state index in [1.165, 1.54) is 5.01 Å². The Hall–Kier alpha value is -1.88. The van der Waals surface area contributed by atoms with Crippen LogP contribution in [-0.4, -0.2) is 35.5 Å². The van der Waals surface area contributed by atoms with Gasteiger partial charge in [-0.15, -0.1) is 11.3 Å². The normalized spacial score (nSPS) is 23.5. The average molecular weight is 342 g/mol. The van der Waals surface area contributed by atoms with Crippen molar-refractivity contribution in [1.29, 1.82) is 0 Å². The van der Waals surface area contributed by atoms with Gasteiger partial charge in [-0.05, 0) is 32.3 Å². The van der Waals surface area contributed by atoms with Crippen LogP contribution < -0.4 is 4.74 Å². The molecular formula is C19H22N2O2S. The number of rotatable bonds is 2. The molecule has 126 valence electrons. The Balaban J connectivity index is 1.52. The van der Waals surface area contributed by atoms with Crippen molar-refractivity contribution in [3.05, 3.63) is 45.9 Å². The zero-order valence-corrected chi connectivity index (χ0v) is 14.7. The highest BCUT2D eigenvalue weighted by Crippen LogP contribution is 2.36. The SMILES string of the molecule is Cc1csc(C2CCCN(C(=O)C3CCOc4ccccc43)C2)n1. The van der Waals surface area contributed by atoms with Crippen LogP contribution in [0.15, 0.2) is 29.6 Å². The topological polar surface area (TPSA) is 42.4 Å². The molecule has 1 amide bonds. The number of piperidine rings is 1. The van der Waals surface area contributed by atoms with Gasteiger partial charge in [0.15, 0.2) is 0 Å². The first-order valence-corrected chi connectivity index (χ1v) is 9.53. The highest BCUT2D eigenvalue weighted by Gasteiger charge is 2.34. The molecule has 1 saturated heterocycles. The minimum absolute atomic E-state index is 0.0632. The Kier molecular flexibility index (Phi) is 4.27. The second kappa shape index (κ2) is 6.55. The van der Waals surface area contributed by atoms with E-state index < -0.39 is 0 Å². The molecule has 2 atom stereocenters. The highest BCUT2D eigenvalue weighted by molar-refractivity contribution is 7.09. The van der Waals surface area contributed by atoms with E-state index >= 15 is 0 Å². The van der Waals surface area contributed by atoms with Gasteiger partial charge in [0.1, 0.15) is 5.75 Å². The molecule has 2 aromatic rings. The fraction of sp³-hybridized carbons (Fsp3) is 0.474. The van der Waals surface area contributed by atoms with Crippen molar-refractivity contribution in [3.63, 3.8) is 0 Å². The van der Waals surface area contributed by atoms with Crippen LogP contribution in [0.25, 0.3) is 0 Å². The third-order valence-electron chi connectivity index (χ3n) is 4.98. The van der Waals surface area contributed by atoms with Crippen LogP contribution in [0.1, 0.15) is 47.4 Å². The van der Waals surface area contributed by atoms with Gasteiger partial charge in [0.05, 0.1) is 17.5 Å². The van der Waals surface area contributed by atoms with E-state index in [1.807, 2.05) is 31.2 Å². The highest BCUT2D eigenvalue weighted by atomic mass is 32.1. The maximum absolute atomic E-state index is 13.2. The molecule has 4 rings (SSSR count). The van der Waals surface area contributed by atoms with Crippen molar-refractivity contribution >= 4 is 17.2 Å². The summed E-state index contributed by atoms with van der Waals surface area (Å²) in [5.41, 5.74) is 2.12. The van der Waals surface area contributed by atoms with Crippen LogP contribution >= 0.6 is 11.3 Å². The summed E-state index contributed by atoms with van der Waals surface area (Å²) in [6, 6.07) is 7.95. The molecule has 0 spiro atoms. The number of para-hydroxylation sites is 1. The van der Waals surface area contributed by atoms with E-state index in [1.54, 1.807) is 11.3 Å². The van der Waals surface area contributed by atoms with Crippen molar-refractivity contribution in [2.75, 3.05) is 19.7 Å². The lowest BCUT2D eigenvalue weighted by molar-refractivity contribution is -0.134. The fourth-order valence-corrected chi connectivity index (χ4v) is 4.68. The number of carbonyl (C=O) groups excluding carboxylic acids is 1. The van der Waals surface area contributed by atoms with Gasteiger partial charge in [-0.3, -0.25) is 4.79 Å². The summed E-state index contributed by atoms with van der Waals surface area (Å²) in [7, 11) is 0. The summed E-state index contributed by atoms with van der Waals surface area (Å²) in [5, 5.41) is 3.28. The molecule has 2 aliphatic heterocycles. The average Bonchev–Trinajstić information content (AvgIpc) is 3.07. The van der Waals surface area contributed by atoms with Gasteiger partial charge in [-0.1, -0.05) is 18.2 Å². The van der Waals surface area contributed by atoms with Crippen LogP contribution in [0.2, 0.25) is 0 Å². The third-order valence-corrected chi connectivity index (χ3v) is 6.10. The second-order valence-electron chi connectivity index (χ2n) is 6.68. The Morgan fingerprint density at radius 2 is 2.21 bits per heavy atom. The number of hydrogen-bond donors (Lipinski definition) is 0. The number of hydrogen-bond acceptors (Lipinski definition) is 4. The molecule has 2 unspecified atom stereocenters. The molecule has 3 heterocycles. The number of amides is 1. The third kappa shape index (κ3) is 2.93. The molecule has 5 heteroatoms. The van der Waals surface area contributed by atoms with Crippen LogP contribution in [0.4, 0.5) is 0 Å². The van der Waals surface area contributed by atoms with Crippen LogP contribution in [-0.2, 0) is 4.79 Å². The quantitative estimate of drug-likeness (QED) is 0.835. The predicted molar refractivity (Wildman–Crippen MR) is 94.7 cm³/mol. The summed E-state index contributed by atoms with van der Waals surface area (Å²) in [6.07, 6.45) is 2.95. The largest absolute Gasteiger partial charge is 0.493 e. The number of likely N-dealkylation sites (tertiary alicyclic amines) is 1. The van der Waals surface area contributed by atoms with Gasteiger partial charge in [-0.2, -0.15) is 0 Å². The van der Waals surface area contributed by atoms with Gasteiger partial charge in [0.2, 0.25) is 5.91 Å². The molecule has 2 aliphatic rings. The van der Waals surface area contributed by atoms with E-state index in [2.05, 4.69) is 15.3 Å². The van der Waals surface area contributed by atoms with Crippen LogP contribution in [0.5, 0.6) is 5.75 Å². The number of benzene rings is 1. The Labute approximate surface area is 146 Å². The number of thiazole rings is 1. The molecule has 0 aliphatic carbocycles. The Morgan fingerprint density at radius 1 is 1.33 bits per heavy atom. The van der Waals surface area contributed by atoms with E-state index in [-0.39, 0.29) is 11.8 Å². The molecular weight excluding hydrogens is 320 g/mol. The van der Waals surface area contributed by atoms with Gasteiger partial charge >= 0.3 is 0 Å². The van der Waals surface area contributed by atoms with E-state index in [4.69, 9.17) is 4.74 Å². The summed E-state index contributed by atoms with van der Waals surface area (Å²) in [4.78, 5) is 19.8. The zero-order chi connectivity index (χ0) is 16.5. The van der Waals surface area contributed by atoms with Crippen molar-refractivity contribution in [1.82, 2.24) is 9.88 Å². The van der Waals surface area contributed by atoms with E-state index in [0.717, 1.165) is 49.4 Å². The molecule has 24 heavy (non-hydrogen) atoms. The standard InChI is InChI=1S/C19H22N2O2S/c1-13-12-24-18(20-13)14-5-4-9-21(11-14)19(22)16-8-10-23-17-7-3-2-6-15(16)17/h2-3,6-7,12,14,16H,4-5,8-11H2,1H3. The minimum atomic E-state index is -0.0632. The maximum atomic E-state index is 13.2. The first kappa shape index (κ1) is 15.6. The lowest BCUT2D eigenvalue weighted by Crippen LogP contribution is -2.42. The van der Waals surface area contributed by atoms with Gasteiger partial charge in [-0.25, -0.2) is 4.98 Å². The number of aryl methyl sites for hydroxylation is 1. The number of aromatic nitrogens is 1. The number of nitrogens with zero attached hydrogens (tertiary/aromatic N) is 2. The monoisotopic (exact) mass is 342 g/mol. The Bertz CT molecular complexity index is 742. The number of fused-ring (bicyclic) bond motifs is 1. The van der Waals surface area contributed by atoms with Crippen molar-refractivity contribution < 1.29 is 9.53 Å². The molecule has 4 nitrogen and oxygen atoms in total. The summed E-state index contributed by atoms with van der Waals surface area (Å²) < 4.78 is 5.71. The summed E-state index contributed by atoms with van der Waals surface area (Å²) >= 11 is 1.72. The van der Waals surface area contributed by atoms with E-state index in [0.29, 0.717) is 12.5 Å². The van der Waals surface area contributed by atoms with Gasteiger partial charge < -0.3 is 9.64 Å². The van der Waals surface area contributed by atoms with Crippen LogP contribution in [0.3, 0.4) is 0 Å². The first-order valence-electron chi connectivity index (χ1n) is 8.65. The molecule has 1 aromatic heterocycles. The molecule has 0 N–H and O–H groups in total. The molecule has 1 fully saturated rings. The summed E-state index contributed by atoms with van der Waals surface area (Å²) in [5.74, 6) is 1.44. The second-order valence-corrected chi connectivity index (χ2v) is 7.57. The fourth-order valence-electron chi connectivity index (χ4n) is 3.76.